The smallest absolute Gasteiger partial charge is 0.129 e. The van der Waals surface area contributed by atoms with Crippen LogP contribution < -0.4 is 5.73 Å². The molecule has 0 unspecified atom stereocenters. The molecule has 1 fully saturated rings. The van der Waals surface area contributed by atoms with Crippen LogP contribution in [0.1, 0.15) is 11.3 Å². The second-order valence-electron chi connectivity index (χ2n) is 7.51. The Morgan fingerprint density at radius 1 is 1.10 bits per heavy atom. The SMILES string of the molecule is C=C(c1nn(C)c2cc(N)ccc12)N1CCN(CCc2ccc(F)cc2F)CC1. The van der Waals surface area contributed by atoms with E-state index in [9.17, 15) is 8.78 Å². The van der Waals surface area contributed by atoms with Gasteiger partial charge < -0.3 is 10.6 Å². The van der Waals surface area contributed by atoms with Gasteiger partial charge in [0.1, 0.15) is 17.3 Å². The summed E-state index contributed by atoms with van der Waals surface area (Å²) >= 11 is 0. The first-order valence-electron chi connectivity index (χ1n) is 9.75. The van der Waals surface area contributed by atoms with Crippen molar-refractivity contribution in [2.24, 2.45) is 7.05 Å². The molecule has 2 N–H and O–H groups in total. The molecule has 3 aromatic rings. The number of fused-ring (bicyclic) bond motifs is 1. The van der Waals surface area contributed by atoms with Crippen molar-refractivity contribution in [2.45, 2.75) is 6.42 Å². The van der Waals surface area contributed by atoms with Gasteiger partial charge in [-0.25, -0.2) is 8.78 Å². The van der Waals surface area contributed by atoms with E-state index < -0.39 is 11.6 Å². The number of nitrogen functional groups attached to an aromatic ring is 1. The number of hydrogen-bond acceptors (Lipinski definition) is 4. The average Bonchev–Trinajstić information content (AvgIpc) is 3.03. The summed E-state index contributed by atoms with van der Waals surface area (Å²) in [6, 6.07) is 9.58. The van der Waals surface area contributed by atoms with Gasteiger partial charge in [0.15, 0.2) is 0 Å². The molecule has 1 saturated heterocycles. The van der Waals surface area contributed by atoms with E-state index in [1.807, 2.05) is 29.9 Å². The Balaban J connectivity index is 1.38. The largest absolute Gasteiger partial charge is 0.399 e. The van der Waals surface area contributed by atoms with E-state index >= 15 is 0 Å². The zero-order valence-electron chi connectivity index (χ0n) is 16.5. The molecular formula is C22H25F2N5. The molecule has 0 spiro atoms. The number of nitrogens with two attached hydrogens (primary N) is 1. The highest BCUT2D eigenvalue weighted by Gasteiger charge is 2.22. The lowest BCUT2D eigenvalue weighted by Crippen LogP contribution is -2.45. The number of rotatable bonds is 5. The minimum atomic E-state index is -0.539. The molecule has 0 bridgehead atoms. The Bertz CT molecular complexity index is 1050. The second kappa shape index (κ2) is 7.83. The summed E-state index contributed by atoms with van der Waals surface area (Å²) in [6.07, 6.45) is 0.569. The maximum Gasteiger partial charge on any atom is 0.129 e. The van der Waals surface area contributed by atoms with Gasteiger partial charge in [0.2, 0.25) is 0 Å². The first-order valence-corrected chi connectivity index (χ1v) is 9.75. The number of benzene rings is 2. The standard InChI is InChI=1S/C22H25F2N5/c1-15(22-19-6-5-18(25)14-21(19)27(2)26-22)29-11-9-28(10-12-29)8-7-16-3-4-17(23)13-20(16)24/h3-6,13-14H,1,7-12,25H2,2H3. The van der Waals surface area contributed by atoms with E-state index in [4.69, 9.17) is 5.73 Å². The van der Waals surface area contributed by atoms with Crippen LogP contribution in [0, 0.1) is 11.6 Å². The zero-order chi connectivity index (χ0) is 20.5. The first kappa shape index (κ1) is 19.4. The van der Waals surface area contributed by atoms with E-state index in [-0.39, 0.29) is 0 Å². The normalized spacial score (nSPS) is 15.2. The Labute approximate surface area is 169 Å². The van der Waals surface area contributed by atoms with Crippen LogP contribution in [-0.2, 0) is 13.5 Å². The predicted molar refractivity (Wildman–Crippen MR) is 112 cm³/mol. The highest BCUT2D eigenvalue weighted by molar-refractivity contribution is 5.91. The topological polar surface area (TPSA) is 50.3 Å². The Kier molecular flexibility index (Phi) is 5.24. The molecule has 0 amide bonds. The van der Waals surface area contributed by atoms with Gasteiger partial charge in [-0.15, -0.1) is 0 Å². The lowest BCUT2D eigenvalue weighted by molar-refractivity contribution is 0.177. The van der Waals surface area contributed by atoms with Crippen LogP contribution in [0.5, 0.6) is 0 Å². The van der Waals surface area contributed by atoms with Crippen molar-refractivity contribution in [3.63, 3.8) is 0 Å². The molecule has 0 atom stereocenters. The first-order chi connectivity index (χ1) is 13.9. The number of piperazine rings is 1. The van der Waals surface area contributed by atoms with Crippen molar-refractivity contribution in [2.75, 3.05) is 38.5 Å². The summed E-state index contributed by atoms with van der Waals surface area (Å²) in [5.41, 5.74) is 9.94. The quantitative estimate of drug-likeness (QED) is 0.672. The third kappa shape index (κ3) is 3.96. The maximum absolute atomic E-state index is 13.8. The summed E-state index contributed by atoms with van der Waals surface area (Å²) in [5, 5.41) is 5.69. The van der Waals surface area contributed by atoms with Crippen molar-refractivity contribution >= 4 is 22.3 Å². The summed E-state index contributed by atoms with van der Waals surface area (Å²) in [6.45, 7) is 8.42. The average molecular weight is 397 g/mol. The second-order valence-corrected chi connectivity index (χ2v) is 7.51. The van der Waals surface area contributed by atoms with Crippen LogP contribution in [-0.4, -0.2) is 52.3 Å². The summed E-state index contributed by atoms with van der Waals surface area (Å²) in [4.78, 5) is 4.54. The van der Waals surface area contributed by atoms with E-state index in [0.29, 0.717) is 17.7 Å². The lowest BCUT2D eigenvalue weighted by Gasteiger charge is -2.36. The van der Waals surface area contributed by atoms with E-state index in [2.05, 4.69) is 21.5 Å². The van der Waals surface area contributed by atoms with Crippen molar-refractivity contribution < 1.29 is 8.78 Å². The molecule has 0 radical (unpaired) electrons. The Morgan fingerprint density at radius 2 is 1.86 bits per heavy atom. The molecule has 1 aliphatic heterocycles. The Hall–Kier alpha value is -2.93. The highest BCUT2D eigenvalue weighted by atomic mass is 19.1. The third-order valence-corrected chi connectivity index (χ3v) is 5.62. The van der Waals surface area contributed by atoms with Gasteiger partial charge in [-0.3, -0.25) is 9.58 Å². The molecule has 29 heavy (non-hydrogen) atoms. The molecule has 1 aliphatic rings. The minimum absolute atomic E-state index is 0.473. The summed E-state index contributed by atoms with van der Waals surface area (Å²) < 4.78 is 28.7. The van der Waals surface area contributed by atoms with Crippen LogP contribution in [0.25, 0.3) is 16.6 Å². The third-order valence-electron chi connectivity index (χ3n) is 5.62. The predicted octanol–water partition coefficient (Wildman–Crippen LogP) is 3.26. The van der Waals surface area contributed by atoms with Crippen molar-refractivity contribution in [3.8, 4) is 0 Å². The van der Waals surface area contributed by atoms with Crippen molar-refractivity contribution in [3.05, 3.63) is 65.9 Å². The number of anilines is 1. The number of hydrogen-bond donors (Lipinski definition) is 1. The number of nitrogens with zero attached hydrogens (tertiary/aromatic N) is 4. The van der Waals surface area contributed by atoms with Crippen LogP contribution in [0.4, 0.5) is 14.5 Å². The maximum atomic E-state index is 13.8. The van der Waals surface area contributed by atoms with Crippen LogP contribution in [0.3, 0.4) is 0 Å². The van der Waals surface area contributed by atoms with Gasteiger partial charge in [0.05, 0.1) is 11.2 Å². The molecule has 0 saturated carbocycles. The van der Waals surface area contributed by atoms with Crippen molar-refractivity contribution in [1.82, 2.24) is 19.6 Å². The zero-order valence-corrected chi connectivity index (χ0v) is 16.5. The molecule has 0 aliphatic carbocycles. The lowest BCUT2D eigenvalue weighted by atomic mass is 10.1. The number of aromatic nitrogens is 2. The molecule has 2 heterocycles. The molecule has 152 valence electrons. The summed E-state index contributed by atoms with van der Waals surface area (Å²) in [5.74, 6) is -1.01. The molecule has 2 aromatic carbocycles. The van der Waals surface area contributed by atoms with E-state index in [1.165, 1.54) is 12.1 Å². The fourth-order valence-corrected chi connectivity index (χ4v) is 3.88. The molecule has 7 heteroatoms. The van der Waals surface area contributed by atoms with Crippen molar-refractivity contribution in [1.29, 1.82) is 0 Å². The number of halogens is 2. The van der Waals surface area contributed by atoms with Gasteiger partial charge >= 0.3 is 0 Å². The van der Waals surface area contributed by atoms with Gasteiger partial charge in [-0.05, 0) is 36.2 Å². The minimum Gasteiger partial charge on any atom is -0.399 e. The summed E-state index contributed by atoms with van der Waals surface area (Å²) in [7, 11) is 1.91. The fraction of sp³-hybridized carbons (Fsp3) is 0.318. The molecular weight excluding hydrogens is 372 g/mol. The highest BCUT2D eigenvalue weighted by Crippen LogP contribution is 2.27. The molecule has 5 nitrogen and oxygen atoms in total. The molecule has 1 aromatic heterocycles. The van der Waals surface area contributed by atoms with E-state index in [0.717, 1.165) is 61.1 Å². The number of aryl methyl sites for hydroxylation is 1. The fourth-order valence-electron chi connectivity index (χ4n) is 3.88. The monoisotopic (exact) mass is 397 g/mol. The Morgan fingerprint density at radius 3 is 2.59 bits per heavy atom. The van der Waals surface area contributed by atoms with Crippen LogP contribution in [0.15, 0.2) is 43.0 Å². The van der Waals surface area contributed by atoms with Crippen LogP contribution >= 0.6 is 0 Å². The van der Waals surface area contributed by atoms with Gasteiger partial charge in [-0.1, -0.05) is 12.6 Å². The molecule has 4 rings (SSSR count). The van der Waals surface area contributed by atoms with Gasteiger partial charge in [-0.2, -0.15) is 5.10 Å². The van der Waals surface area contributed by atoms with Gasteiger partial charge in [0.25, 0.3) is 0 Å². The van der Waals surface area contributed by atoms with Crippen LogP contribution in [0.2, 0.25) is 0 Å². The van der Waals surface area contributed by atoms with Gasteiger partial charge in [0, 0.05) is 56.9 Å². The van der Waals surface area contributed by atoms with E-state index in [1.54, 1.807) is 0 Å².